The molecule has 0 atom stereocenters. The Balaban J connectivity index is 1.31. The SMILES string of the molecule is COCCCOCCCOc1ccc(NS(=O)(=O)c2ccc3c(c2)CN(C(=O)Nc2ccc(C(C)(C)C)cc2)C3)c(F)c1. The lowest BCUT2D eigenvalue weighted by atomic mass is 9.87. The summed E-state index contributed by atoms with van der Waals surface area (Å²) in [6, 6.07) is 16.1. The fraction of sp³-hybridized carbons (Fsp3) is 0.406. The number of rotatable bonds is 13. The number of carbonyl (C=O) groups excluding carboxylic acids is 1. The highest BCUT2D eigenvalue weighted by molar-refractivity contribution is 7.92. The van der Waals surface area contributed by atoms with E-state index in [0.29, 0.717) is 56.4 Å². The van der Waals surface area contributed by atoms with Gasteiger partial charge in [-0.05, 0) is 64.9 Å². The summed E-state index contributed by atoms with van der Waals surface area (Å²) in [7, 11) is -2.44. The van der Waals surface area contributed by atoms with Crippen molar-refractivity contribution in [1.29, 1.82) is 0 Å². The highest BCUT2D eigenvalue weighted by Gasteiger charge is 2.26. The van der Waals surface area contributed by atoms with Crippen molar-refractivity contribution in [3.63, 3.8) is 0 Å². The first-order chi connectivity index (χ1) is 20.5. The largest absolute Gasteiger partial charge is 0.493 e. The van der Waals surface area contributed by atoms with E-state index in [2.05, 4.69) is 30.8 Å². The molecule has 11 heteroatoms. The second-order valence-electron chi connectivity index (χ2n) is 11.5. The zero-order valence-electron chi connectivity index (χ0n) is 25.1. The van der Waals surface area contributed by atoms with Crippen LogP contribution in [0.2, 0.25) is 0 Å². The van der Waals surface area contributed by atoms with Crippen LogP contribution in [0.5, 0.6) is 5.75 Å². The van der Waals surface area contributed by atoms with E-state index in [1.807, 2.05) is 24.3 Å². The lowest BCUT2D eigenvalue weighted by Gasteiger charge is -2.20. The van der Waals surface area contributed by atoms with Crippen molar-refractivity contribution < 1.29 is 31.8 Å². The first-order valence-electron chi connectivity index (χ1n) is 14.3. The van der Waals surface area contributed by atoms with E-state index in [1.54, 1.807) is 18.1 Å². The third-order valence-electron chi connectivity index (χ3n) is 7.02. The topological polar surface area (TPSA) is 106 Å². The molecule has 232 valence electrons. The summed E-state index contributed by atoms with van der Waals surface area (Å²) in [6.07, 6.45) is 1.44. The number of benzene rings is 3. The lowest BCUT2D eigenvalue weighted by molar-refractivity contribution is 0.0940. The molecule has 4 rings (SSSR count). The first-order valence-corrected chi connectivity index (χ1v) is 15.7. The summed E-state index contributed by atoms with van der Waals surface area (Å²) in [5.74, 6) is -0.461. The molecule has 1 heterocycles. The van der Waals surface area contributed by atoms with Crippen molar-refractivity contribution >= 4 is 27.4 Å². The van der Waals surface area contributed by atoms with Crippen molar-refractivity contribution in [3.8, 4) is 5.75 Å². The molecule has 3 aromatic rings. The number of sulfonamides is 1. The molecule has 0 spiro atoms. The summed E-state index contributed by atoms with van der Waals surface area (Å²) in [4.78, 5) is 14.5. The summed E-state index contributed by atoms with van der Waals surface area (Å²) in [5.41, 5.74) is 3.24. The van der Waals surface area contributed by atoms with Crippen LogP contribution < -0.4 is 14.8 Å². The van der Waals surface area contributed by atoms with Gasteiger partial charge < -0.3 is 24.4 Å². The number of nitrogens with one attached hydrogen (secondary N) is 2. The second kappa shape index (κ2) is 14.2. The molecule has 0 saturated heterocycles. The first kappa shape index (κ1) is 32.2. The van der Waals surface area contributed by atoms with Crippen LogP contribution >= 0.6 is 0 Å². The number of carbonyl (C=O) groups is 1. The monoisotopic (exact) mass is 613 g/mol. The molecular formula is C32H40FN3O6S. The van der Waals surface area contributed by atoms with Crippen LogP contribution in [0.3, 0.4) is 0 Å². The van der Waals surface area contributed by atoms with Gasteiger partial charge in [0.1, 0.15) is 5.75 Å². The molecule has 0 radical (unpaired) electrons. The van der Waals surface area contributed by atoms with Crippen LogP contribution in [0.4, 0.5) is 20.6 Å². The highest BCUT2D eigenvalue weighted by atomic mass is 32.2. The van der Waals surface area contributed by atoms with Crippen LogP contribution in [-0.2, 0) is 38.0 Å². The standard InChI is InChI=1S/C32H40FN3O6S/c1-32(2,3)25-8-10-26(11-9-25)34-31(37)36-21-23-7-13-28(19-24(23)22-36)43(38,39)35-30-14-12-27(20-29(30)33)42-18-6-17-41-16-5-15-40-4/h7-14,19-20,35H,5-6,15-18,21-22H2,1-4H3,(H,34,37). The van der Waals surface area contributed by atoms with Gasteiger partial charge in [-0.3, -0.25) is 4.72 Å². The quantitative estimate of drug-likeness (QED) is 0.220. The maximum absolute atomic E-state index is 14.8. The van der Waals surface area contributed by atoms with Crippen molar-refractivity contribution in [2.45, 2.75) is 57.0 Å². The van der Waals surface area contributed by atoms with Crippen LogP contribution in [-0.4, -0.2) is 52.9 Å². The van der Waals surface area contributed by atoms with Gasteiger partial charge in [-0.1, -0.05) is 39.0 Å². The average molecular weight is 614 g/mol. The number of hydrogen-bond acceptors (Lipinski definition) is 6. The Labute approximate surface area is 253 Å². The van der Waals surface area contributed by atoms with Crippen LogP contribution in [0.15, 0.2) is 65.6 Å². The summed E-state index contributed by atoms with van der Waals surface area (Å²) >= 11 is 0. The summed E-state index contributed by atoms with van der Waals surface area (Å²) in [5, 5.41) is 2.91. The molecule has 0 unspecified atom stereocenters. The van der Waals surface area contributed by atoms with E-state index in [1.165, 1.54) is 24.3 Å². The normalized spacial score (nSPS) is 13.1. The fourth-order valence-electron chi connectivity index (χ4n) is 4.57. The van der Waals surface area contributed by atoms with Crippen molar-refractivity contribution in [2.24, 2.45) is 0 Å². The minimum Gasteiger partial charge on any atom is -0.493 e. The number of anilines is 2. The van der Waals surface area contributed by atoms with Gasteiger partial charge in [-0.15, -0.1) is 0 Å². The Morgan fingerprint density at radius 3 is 2.28 bits per heavy atom. The number of nitrogens with zero attached hydrogens (tertiary/aromatic N) is 1. The van der Waals surface area contributed by atoms with Gasteiger partial charge >= 0.3 is 6.03 Å². The van der Waals surface area contributed by atoms with Crippen molar-refractivity contribution in [2.75, 3.05) is 43.6 Å². The zero-order valence-corrected chi connectivity index (χ0v) is 25.9. The van der Waals surface area contributed by atoms with Gasteiger partial charge in [0.25, 0.3) is 10.0 Å². The Morgan fingerprint density at radius 2 is 1.60 bits per heavy atom. The number of halogens is 1. The number of amides is 2. The molecule has 0 saturated carbocycles. The molecule has 2 amide bonds. The molecule has 43 heavy (non-hydrogen) atoms. The molecule has 0 aromatic heterocycles. The maximum Gasteiger partial charge on any atom is 0.322 e. The van der Waals surface area contributed by atoms with Gasteiger partial charge in [-0.2, -0.15) is 0 Å². The second-order valence-corrected chi connectivity index (χ2v) is 13.1. The Bertz CT molecular complexity index is 1510. The maximum atomic E-state index is 14.8. The Morgan fingerprint density at radius 1 is 0.907 bits per heavy atom. The number of ether oxygens (including phenoxy) is 3. The van der Waals surface area contributed by atoms with Crippen LogP contribution in [0.1, 0.15) is 50.3 Å². The third-order valence-corrected chi connectivity index (χ3v) is 8.39. The molecule has 2 N–H and O–H groups in total. The lowest BCUT2D eigenvalue weighted by Crippen LogP contribution is -2.30. The zero-order chi connectivity index (χ0) is 31.0. The molecular weight excluding hydrogens is 573 g/mol. The van der Waals surface area contributed by atoms with Crippen molar-refractivity contribution in [1.82, 2.24) is 4.90 Å². The predicted molar refractivity (Wildman–Crippen MR) is 164 cm³/mol. The van der Waals surface area contributed by atoms with E-state index in [9.17, 15) is 17.6 Å². The van der Waals surface area contributed by atoms with E-state index in [4.69, 9.17) is 14.2 Å². The van der Waals surface area contributed by atoms with Gasteiger partial charge in [0.15, 0.2) is 5.82 Å². The summed E-state index contributed by atoms with van der Waals surface area (Å²) < 4.78 is 59.3. The number of methoxy groups -OCH3 is 1. The third kappa shape index (κ3) is 8.92. The smallest absolute Gasteiger partial charge is 0.322 e. The summed E-state index contributed by atoms with van der Waals surface area (Å²) in [6.45, 7) is 9.07. The molecule has 0 bridgehead atoms. The van der Waals surface area contributed by atoms with Gasteiger partial charge in [-0.25, -0.2) is 17.6 Å². The molecule has 0 fully saturated rings. The minimum absolute atomic E-state index is 0.00970. The van der Waals surface area contributed by atoms with Gasteiger partial charge in [0.2, 0.25) is 0 Å². The van der Waals surface area contributed by atoms with Crippen molar-refractivity contribution in [3.05, 3.63) is 83.2 Å². The molecule has 1 aliphatic heterocycles. The van der Waals surface area contributed by atoms with E-state index >= 15 is 0 Å². The minimum atomic E-state index is -4.08. The average Bonchev–Trinajstić information content (AvgIpc) is 3.40. The van der Waals surface area contributed by atoms with Crippen LogP contribution in [0.25, 0.3) is 0 Å². The van der Waals surface area contributed by atoms with E-state index < -0.39 is 15.8 Å². The van der Waals surface area contributed by atoms with E-state index in [0.717, 1.165) is 23.6 Å². The fourth-order valence-corrected chi connectivity index (χ4v) is 5.69. The van der Waals surface area contributed by atoms with E-state index in [-0.39, 0.29) is 28.6 Å². The molecule has 9 nitrogen and oxygen atoms in total. The number of fused-ring (bicyclic) bond motifs is 1. The van der Waals surface area contributed by atoms with Gasteiger partial charge in [0, 0.05) is 58.2 Å². The van der Waals surface area contributed by atoms with Crippen LogP contribution in [0, 0.1) is 5.82 Å². The Hall–Kier alpha value is -3.67. The molecule has 1 aliphatic rings. The highest BCUT2D eigenvalue weighted by Crippen LogP contribution is 2.29. The predicted octanol–water partition coefficient (Wildman–Crippen LogP) is 6.29. The Kier molecular flexibility index (Phi) is 10.6. The van der Waals surface area contributed by atoms with Gasteiger partial charge in [0.05, 0.1) is 17.2 Å². The molecule has 0 aliphatic carbocycles. The molecule has 3 aromatic carbocycles. The number of hydrogen-bond donors (Lipinski definition) is 2. The number of urea groups is 1.